The van der Waals surface area contributed by atoms with Crippen LogP contribution in [0, 0.1) is 0 Å². The van der Waals surface area contributed by atoms with Gasteiger partial charge in [0.05, 0.1) is 4.90 Å². The lowest BCUT2D eigenvalue weighted by Gasteiger charge is -2.31. The van der Waals surface area contributed by atoms with Crippen molar-refractivity contribution < 1.29 is 13.2 Å². The molecular weight excluding hydrogens is 419 g/mol. The van der Waals surface area contributed by atoms with Crippen molar-refractivity contribution in [1.29, 1.82) is 0 Å². The Balaban J connectivity index is 1.56. The first-order chi connectivity index (χ1) is 13.4. The van der Waals surface area contributed by atoms with E-state index in [4.69, 9.17) is 23.2 Å². The Morgan fingerprint density at radius 1 is 1.00 bits per heavy atom. The zero-order valence-corrected chi connectivity index (χ0v) is 17.3. The number of likely N-dealkylation sites (tertiary alicyclic amines) is 1. The van der Waals surface area contributed by atoms with Crippen molar-refractivity contribution in [1.82, 2.24) is 9.62 Å². The number of nitrogens with one attached hydrogen (secondary N) is 1. The summed E-state index contributed by atoms with van der Waals surface area (Å²) in [5.74, 6) is -0.152. The second-order valence-corrected chi connectivity index (χ2v) is 9.03. The SMILES string of the molecule is O=C(/C=C/c1c(Cl)cccc1Cl)N1CCC(NS(=O)(=O)c2ccccc2)CC1. The molecule has 0 aromatic heterocycles. The molecule has 1 aliphatic rings. The van der Waals surface area contributed by atoms with Gasteiger partial charge in [0.1, 0.15) is 0 Å². The topological polar surface area (TPSA) is 66.5 Å². The predicted molar refractivity (Wildman–Crippen MR) is 112 cm³/mol. The Hall–Kier alpha value is -1.86. The molecule has 1 amide bonds. The molecule has 5 nitrogen and oxygen atoms in total. The van der Waals surface area contributed by atoms with Crippen molar-refractivity contribution in [3.05, 3.63) is 70.2 Å². The van der Waals surface area contributed by atoms with Crippen LogP contribution in [-0.2, 0) is 14.8 Å². The first-order valence-electron chi connectivity index (χ1n) is 8.85. The molecule has 148 valence electrons. The normalized spacial score (nSPS) is 15.9. The van der Waals surface area contributed by atoms with Gasteiger partial charge in [0, 0.05) is 40.8 Å². The second kappa shape index (κ2) is 9.09. The molecule has 0 unspecified atom stereocenters. The first-order valence-corrected chi connectivity index (χ1v) is 11.1. The highest BCUT2D eigenvalue weighted by atomic mass is 35.5. The minimum absolute atomic E-state index is 0.152. The van der Waals surface area contributed by atoms with Crippen LogP contribution in [-0.4, -0.2) is 38.4 Å². The molecule has 8 heteroatoms. The third-order valence-corrected chi connectivity index (χ3v) is 6.77. The third kappa shape index (κ3) is 5.14. The largest absolute Gasteiger partial charge is 0.339 e. The maximum atomic E-state index is 12.4. The van der Waals surface area contributed by atoms with Crippen LogP contribution in [0.1, 0.15) is 18.4 Å². The number of piperidine rings is 1. The first kappa shape index (κ1) is 20.9. The summed E-state index contributed by atoms with van der Waals surface area (Å²) in [6.07, 6.45) is 4.16. The summed E-state index contributed by atoms with van der Waals surface area (Å²) >= 11 is 12.2. The summed E-state index contributed by atoms with van der Waals surface area (Å²) in [5, 5.41) is 0.955. The van der Waals surface area contributed by atoms with Crippen molar-refractivity contribution in [3.8, 4) is 0 Å². The lowest BCUT2D eigenvalue weighted by atomic mass is 10.1. The lowest BCUT2D eigenvalue weighted by molar-refractivity contribution is -0.126. The van der Waals surface area contributed by atoms with E-state index in [9.17, 15) is 13.2 Å². The third-order valence-electron chi connectivity index (χ3n) is 4.57. The molecule has 0 aliphatic carbocycles. The number of hydrogen-bond acceptors (Lipinski definition) is 3. The van der Waals surface area contributed by atoms with Crippen LogP contribution in [0.15, 0.2) is 59.5 Å². The van der Waals surface area contributed by atoms with E-state index in [0.717, 1.165) is 0 Å². The van der Waals surface area contributed by atoms with Crippen LogP contribution in [0.5, 0.6) is 0 Å². The Labute approximate surface area is 175 Å². The van der Waals surface area contributed by atoms with E-state index in [1.54, 1.807) is 59.5 Å². The van der Waals surface area contributed by atoms with Gasteiger partial charge in [0.15, 0.2) is 0 Å². The molecule has 1 aliphatic heterocycles. The number of halogens is 2. The fourth-order valence-electron chi connectivity index (χ4n) is 3.03. The van der Waals surface area contributed by atoms with Gasteiger partial charge in [-0.1, -0.05) is 47.5 Å². The van der Waals surface area contributed by atoms with Crippen LogP contribution in [0.2, 0.25) is 10.0 Å². The van der Waals surface area contributed by atoms with Crippen molar-refractivity contribution in [2.45, 2.75) is 23.8 Å². The molecule has 1 heterocycles. The van der Waals surface area contributed by atoms with Gasteiger partial charge in [-0.3, -0.25) is 4.79 Å². The number of benzene rings is 2. The van der Waals surface area contributed by atoms with Crippen molar-refractivity contribution in [3.63, 3.8) is 0 Å². The highest BCUT2D eigenvalue weighted by molar-refractivity contribution is 7.89. The van der Waals surface area contributed by atoms with Crippen molar-refractivity contribution >= 4 is 45.2 Å². The van der Waals surface area contributed by atoms with Crippen LogP contribution in [0.25, 0.3) is 6.08 Å². The molecule has 0 spiro atoms. The minimum atomic E-state index is -3.55. The van der Waals surface area contributed by atoms with Gasteiger partial charge >= 0.3 is 0 Å². The van der Waals surface area contributed by atoms with Gasteiger partial charge in [-0.15, -0.1) is 0 Å². The molecule has 2 aromatic rings. The molecule has 0 bridgehead atoms. The fraction of sp³-hybridized carbons (Fsp3) is 0.250. The Bertz CT molecular complexity index is 950. The van der Waals surface area contributed by atoms with Crippen LogP contribution in [0.3, 0.4) is 0 Å². The number of nitrogens with zero attached hydrogens (tertiary/aromatic N) is 1. The molecular formula is C20H20Cl2N2O3S. The number of rotatable bonds is 5. The van der Waals surface area contributed by atoms with Gasteiger partial charge < -0.3 is 4.90 Å². The van der Waals surface area contributed by atoms with Gasteiger partial charge in [0.2, 0.25) is 15.9 Å². The van der Waals surface area contributed by atoms with E-state index in [1.807, 2.05) is 0 Å². The number of amides is 1. The number of carbonyl (C=O) groups is 1. The molecule has 28 heavy (non-hydrogen) atoms. The maximum Gasteiger partial charge on any atom is 0.246 e. The number of carbonyl (C=O) groups excluding carboxylic acids is 1. The van der Waals surface area contributed by atoms with E-state index in [2.05, 4.69) is 4.72 Å². The van der Waals surface area contributed by atoms with Crippen molar-refractivity contribution in [2.24, 2.45) is 0 Å². The summed E-state index contributed by atoms with van der Waals surface area (Å²) in [7, 11) is -3.55. The second-order valence-electron chi connectivity index (χ2n) is 6.50. The van der Waals surface area contributed by atoms with Gasteiger partial charge in [-0.05, 0) is 43.2 Å². The smallest absolute Gasteiger partial charge is 0.246 e. The average Bonchev–Trinajstić information content (AvgIpc) is 2.68. The summed E-state index contributed by atoms with van der Waals surface area (Å²) in [6, 6.07) is 13.2. The Morgan fingerprint density at radius 2 is 1.61 bits per heavy atom. The quantitative estimate of drug-likeness (QED) is 0.717. The molecule has 0 atom stereocenters. The molecule has 3 rings (SSSR count). The fourth-order valence-corrected chi connectivity index (χ4v) is 4.88. The zero-order valence-electron chi connectivity index (χ0n) is 15.0. The summed E-state index contributed by atoms with van der Waals surface area (Å²) in [5.41, 5.74) is 0.602. The number of sulfonamides is 1. The van der Waals surface area contributed by atoms with Gasteiger partial charge in [-0.25, -0.2) is 13.1 Å². The molecule has 2 aromatic carbocycles. The van der Waals surface area contributed by atoms with Gasteiger partial charge in [0.25, 0.3) is 0 Å². The molecule has 0 saturated carbocycles. The van der Waals surface area contributed by atoms with E-state index in [1.165, 1.54) is 6.08 Å². The lowest BCUT2D eigenvalue weighted by Crippen LogP contribution is -2.46. The van der Waals surface area contributed by atoms with Crippen molar-refractivity contribution in [2.75, 3.05) is 13.1 Å². The zero-order chi connectivity index (χ0) is 20.1. The van der Waals surface area contributed by atoms with E-state index >= 15 is 0 Å². The summed E-state index contributed by atoms with van der Waals surface area (Å²) in [6.45, 7) is 0.947. The maximum absolute atomic E-state index is 12.4. The Kier molecular flexibility index (Phi) is 6.78. The van der Waals surface area contributed by atoms with Crippen LogP contribution < -0.4 is 4.72 Å². The minimum Gasteiger partial charge on any atom is -0.339 e. The summed E-state index contributed by atoms with van der Waals surface area (Å²) < 4.78 is 27.5. The summed E-state index contributed by atoms with van der Waals surface area (Å²) in [4.78, 5) is 14.4. The van der Waals surface area contributed by atoms with Crippen LogP contribution >= 0.6 is 23.2 Å². The van der Waals surface area contributed by atoms with E-state index in [0.29, 0.717) is 41.5 Å². The average molecular weight is 439 g/mol. The van der Waals surface area contributed by atoms with Gasteiger partial charge in [-0.2, -0.15) is 0 Å². The Morgan fingerprint density at radius 3 is 2.21 bits per heavy atom. The molecule has 1 saturated heterocycles. The van der Waals surface area contributed by atoms with E-state index < -0.39 is 10.0 Å². The molecule has 1 N–H and O–H groups in total. The highest BCUT2D eigenvalue weighted by Gasteiger charge is 2.25. The monoisotopic (exact) mass is 438 g/mol. The van der Waals surface area contributed by atoms with E-state index in [-0.39, 0.29) is 16.8 Å². The highest BCUT2D eigenvalue weighted by Crippen LogP contribution is 2.25. The standard InChI is InChI=1S/C20H20Cl2N2O3S/c21-18-7-4-8-19(22)17(18)9-10-20(25)24-13-11-15(12-14-24)23-28(26,27)16-5-2-1-3-6-16/h1-10,15,23H,11-14H2/b10-9+. The molecule has 0 radical (unpaired) electrons. The van der Waals surface area contributed by atoms with Crippen LogP contribution in [0.4, 0.5) is 0 Å². The predicted octanol–water partition coefficient (Wildman–Crippen LogP) is 3.98. The number of hydrogen-bond donors (Lipinski definition) is 1. The molecule has 1 fully saturated rings.